The van der Waals surface area contributed by atoms with Crippen molar-refractivity contribution in [3.8, 4) is 0 Å². The van der Waals surface area contributed by atoms with Crippen LogP contribution < -0.4 is 87.2 Å². The summed E-state index contributed by atoms with van der Waals surface area (Å²) in [5.41, 5.74) is 0. The predicted octanol–water partition coefficient (Wildman–Crippen LogP) is -8.14. The minimum atomic E-state index is 0. The van der Waals surface area contributed by atoms with Crippen LogP contribution in [-0.2, 0) is 0 Å². The molecule has 18 heteroatoms. The molecule has 0 radical (unpaired) electrons. The highest BCUT2D eigenvalue weighted by Gasteiger charge is 2.44. The summed E-state index contributed by atoms with van der Waals surface area (Å²) < 4.78 is 5.62. The third-order valence-corrected chi connectivity index (χ3v) is 16.4. The molecule has 6 heterocycles. The maximum absolute atomic E-state index is 3.40. The second-order valence-corrected chi connectivity index (χ2v) is 18.7. The number of thioether (sulfide) groups is 6. The maximum atomic E-state index is 3.40. The monoisotopic (exact) mass is 1280 g/mol. The Hall–Kier alpha value is 4.89. The van der Waals surface area contributed by atoms with Gasteiger partial charge in [0.15, 0.2) is 14.1 Å². The van der Waals surface area contributed by atoms with E-state index in [0.717, 1.165) is 18.1 Å². The topological polar surface area (TPSA) is 51.6 Å². The molecule has 0 amide bonds. The molecule has 3 saturated heterocycles. The highest BCUT2D eigenvalue weighted by molar-refractivity contribution is 14.1. The molecule has 0 aliphatic carbocycles. The van der Waals surface area contributed by atoms with Gasteiger partial charge in [0.1, 0.15) is 18.1 Å². The van der Waals surface area contributed by atoms with Gasteiger partial charge in [-0.3, -0.25) is 0 Å². The average Bonchev–Trinajstić information content (AvgIpc) is 3.59. The number of hydrazone groups is 3. The number of fused-ring (bicyclic) bond motifs is 3. The molecule has 0 aromatic rings. The van der Waals surface area contributed by atoms with Crippen LogP contribution in [0.1, 0.15) is 20.8 Å². The normalized spacial score (nSPS) is 32.8. The summed E-state index contributed by atoms with van der Waals surface area (Å²) in [6.45, 7) is 6.44. The van der Waals surface area contributed by atoms with Gasteiger partial charge in [0, 0.05) is 51.3 Å². The lowest BCUT2D eigenvalue weighted by Crippen LogP contribution is -3.00. The van der Waals surface area contributed by atoms with E-state index >= 15 is 0 Å². The molecule has 0 saturated carbocycles. The molecule has 0 aromatic heterocycles. The fraction of sp³-hybridized carbons (Fsp3) is 0.833. The van der Waals surface area contributed by atoms with Gasteiger partial charge in [-0.1, -0.05) is 67.8 Å². The van der Waals surface area contributed by atoms with Crippen molar-refractivity contribution >= 4 is 153 Å². The third kappa shape index (κ3) is 10.2. The van der Waals surface area contributed by atoms with Crippen LogP contribution in [0, 0.1) is 0 Å². The minimum absolute atomic E-state index is 0. The number of hydrogen-bond donors (Lipinski definition) is 3. The molecule has 3 fully saturated rings. The fourth-order valence-corrected chi connectivity index (χ4v) is 15.6. The Kier molecular flexibility index (Phi) is 20.9. The maximum Gasteiger partial charge on any atom is 0.237 e. The van der Waals surface area contributed by atoms with Crippen LogP contribution in [0.5, 0.6) is 0 Å². The first-order chi connectivity index (χ1) is 15.9. The van der Waals surface area contributed by atoms with Gasteiger partial charge in [-0.05, 0) is 35.3 Å². The number of halogens is 6. The van der Waals surface area contributed by atoms with Gasteiger partial charge in [-0.15, -0.1) is 50.6 Å². The second kappa shape index (κ2) is 19.3. The van der Waals surface area contributed by atoms with E-state index in [1.165, 1.54) is 45.7 Å². The molecule has 210 valence electrons. The van der Waals surface area contributed by atoms with E-state index in [0.29, 0.717) is 14.1 Å². The molecule has 0 spiro atoms. The molecule has 0 bridgehead atoms. The van der Waals surface area contributed by atoms with Crippen LogP contribution in [0.15, 0.2) is 0 Å². The van der Waals surface area contributed by atoms with E-state index in [2.05, 4.69) is 154 Å². The van der Waals surface area contributed by atoms with E-state index in [1.54, 1.807) is 0 Å². The Morgan fingerprint density at radius 2 is 0.833 bits per heavy atom. The third-order valence-electron chi connectivity index (χ3n) is 5.38. The average molecular weight is 1280 g/mol. The van der Waals surface area contributed by atoms with E-state index in [4.69, 9.17) is 0 Å². The van der Waals surface area contributed by atoms with Gasteiger partial charge < -0.3 is 71.9 Å². The molecule has 6 aliphatic heterocycles. The SMILES string of the molecule is CC1=[NH+]N2C(CI)CSC2S1.CC1=[NH+]N2C(CI)CSC2S1.CC1=[NH+]N2C(CI)CSC2S1.[I-].[I-].[I-]. The van der Waals surface area contributed by atoms with Gasteiger partial charge in [-0.25, -0.2) is 0 Å². The Bertz CT molecular complexity index is 700. The van der Waals surface area contributed by atoms with Crippen molar-refractivity contribution < 1.29 is 87.2 Å². The minimum Gasteiger partial charge on any atom is -1.00 e. The van der Waals surface area contributed by atoms with Crippen molar-refractivity contribution in [2.75, 3.05) is 30.5 Å². The summed E-state index contributed by atoms with van der Waals surface area (Å²) >= 11 is 19.4. The largest absolute Gasteiger partial charge is 1.00 e. The molecule has 0 aromatic carbocycles. The molecule has 6 rings (SSSR count). The van der Waals surface area contributed by atoms with Crippen LogP contribution in [0.4, 0.5) is 0 Å². The van der Waals surface area contributed by atoms with Crippen LogP contribution in [0.25, 0.3) is 0 Å². The number of nitrogens with zero attached hydrogens (tertiary/aromatic N) is 3. The van der Waals surface area contributed by atoms with Crippen LogP contribution >= 0.6 is 138 Å². The molecule has 6 nitrogen and oxygen atoms in total. The zero-order valence-corrected chi connectivity index (χ0v) is 37.6. The van der Waals surface area contributed by atoms with Crippen LogP contribution in [0.2, 0.25) is 0 Å². The molecule has 6 unspecified atom stereocenters. The summed E-state index contributed by atoms with van der Waals surface area (Å²) in [7, 11) is 0. The lowest BCUT2D eigenvalue weighted by molar-refractivity contribution is -0.643. The molecular weight excluding hydrogens is 1250 g/mol. The van der Waals surface area contributed by atoms with Crippen LogP contribution in [0.3, 0.4) is 0 Å². The lowest BCUT2D eigenvalue weighted by atomic mass is 10.4. The highest BCUT2D eigenvalue weighted by Crippen LogP contribution is 2.37. The van der Waals surface area contributed by atoms with Crippen molar-refractivity contribution in [3.05, 3.63) is 0 Å². The zero-order chi connectivity index (χ0) is 23.5. The van der Waals surface area contributed by atoms with Gasteiger partial charge >= 0.3 is 0 Å². The van der Waals surface area contributed by atoms with Gasteiger partial charge in [0.2, 0.25) is 15.1 Å². The smallest absolute Gasteiger partial charge is 0.237 e. The molecule has 3 N–H and O–H groups in total. The van der Waals surface area contributed by atoms with Gasteiger partial charge in [0.25, 0.3) is 0 Å². The van der Waals surface area contributed by atoms with E-state index in [1.807, 2.05) is 35.3 Å². The number of alkyl halides is 3. The van der Waals surface area contributed by atoms with Crippen molar-refractivity contribution in [3.63, 3.8) is 0 Å². The summed E-state index contributed by atoms with van der Waals surface area (Å²) in [6.07, 6.45) is 0. The molecule has 6 atom stereocenters. The summed E-state index contributed by atoms with van der Waals surface area (Å²) in [5.74, 6) is 3.84. The Balaban J connectivity index is 0.000000259. The molecule has 36 heavy (non-hydrogen) atoms. The highest BCUT2D eigenvalue weighted by atomic mass is 127. The Labute approximate surface area is 333 Å². The fourth-order valence-electron chi connectivity index (χ4n) is 3.72. The zero-order valence-electron chi connectivity index (χ0n) is 19.8. The van der Waals surface area contributed by atoms with Crippen molar-refractivity contribution in [1.29, 1.82) is 0 Å². The summed E-state index contributed by atoms with van der Waals surface area (Å²) in [4.78, 5) is 0. The first-order valence-electron chi connectivity index (χ1n) is 10.6. The predicted molar refractivity (Wildman–Crippen MR) is 180 cm³/mol. The summed E-state index contributed by atoms with van der Waals surface area (Å²) in [6, 6.07) is 2.20. The number of hydrazine groups is 3. The first-order valence-corrected chi connectivity index (χ1v) is 21.0. The molecular formula is C18H30I6N6S6. The lowest BCUT2D eigenvalue weighted by Gasteiger charge is -2.11. The summed E-state index contributed by atoms with van der Waals surface area (Å²) in [5, 5.41) is 21.4. The van der Waals surface area contributed by atoms with Gasteiger partial charge in [-0.2, -0.15) is 15.0 Å². The Morgan fingerprint density at radius 3 is 1.06 bits per heavy atom. The van der Waals surface area contributed by atoms with Crippen LogP contribution in [-0.4, -0.2) is 92.9 Å². The van der Waals surface area contributed by atoms with Gasteiger partial charge in [0.05, 0.1) is 0 Å². The first kappa shape index (κ1) is 38.9. The number of hydrogen-bond acceptors (Lipinski definition) is 9. The quantitative estimate of drug-likeness (QED) is 0.190. The van der Waals surface area contributed by atoms with Crippen molar-refractivity contribution in [2.45, 2.75) is 53.0 Å². The second-order valence-electron chi connectivity index (χ2n) is 7.92. The van der Waals surface area contributed by atoms with Crippen molar-refractivity contribution in [1.82, 2.24) is 15.0 Å². The Morgan fingerprint density at radius 1 is 0.583 bits per heavy atom. The number of rotatable bonds is 3. The molecule has 6 aliphatic rings. The standard InChI is InChI=1S/3C6H9IN2S2.3HI/c3*1-4-8-9-5(2-7)3-10-6(9)11-4;;;/h3*5-6H,2-3H2,1H3;3*1H. The van der Waals surface area contributed by atoms with E-state index in [9.17, 15) is 0 Å². The van der Waals surface area contributed by atoms with Crippen molar-refractivity contribution in [2.24, 2.45) is 0 Å². The van der Waals surface area contributed by atoms with E-state index < -0.39 is 0 Å². The van der Waals surface area contributed by atoms with E-state index in [-0.39, 0.29) is 71.9 Å². The number of nitrogens with one attached hydrogen (secondary N) is 3.